The summed E-state index contributed by atoms with van der Waals surface area (Å²) in [6.45, 7) is 2.28. The highest BCUT2D eigenvalue weighted by Gasteiger charge is 2.25. The zero-order chi connectivity index (χ0) is 23.0. The Kier molecular flexibility index (Phi) is 8.14. The van der Waals surface area contributed by atoms with Crippen molar-refractivity contribution in [3.63, 3.8) is 0 Å². The first-order valence-corrected chi connectivity index (χ1v) is 10.8. The van der Waals surface area contributed by atoms with Crippen molar-refractivity contribution in [3.8, 4) is 0 Å². The van der Waals surface area contributed by atoms with Crippen LogP contribution in [0.5, 0.6) is 0 Å². The van der Waals surface area contributed by atoms with E-state index in [9.17, 15) is 22.8 Å². The van der Waals surface area contributed by atoms with Crippen LogP contribution >= 0.6 is 0 Å². The van der Waals surface area contributed by atoms with Crippen molar-refractivity contribution in [1.29, 1.82) is 0 Å². The first kappa shape index (κ1) is 23.9. The molecule has 10 heteroatoms. The van der Waals surface area contributed by atoms with Crippen LogP contribution < -0.4 is 4.72 Å². The van der Waals surface area contributed by atoms with Crippen LogP contribution in [-0.2, 0) is 24.2 Å². The number of anilines is 1. The number of ether oxygens (including phenoxy) is 3. The van der Waals surface area contributed by atoms with E-state index in [1.165, 1.54) is 36.4 Å². The van der Waals surface area contributed by atoms with Crippen molar-refractivity contribution in [2.24, 2.45) is 0 Å². The van der Waals surface area contributed by atoms with Gasteiger partial charge >= 0.3 is 17.9 Å². The average molecular weight is 449 g/mol. The summed E-state index contributed by atoms with van der Waals surface area (Å²) in [5.41, 5.74) is 0.103. The van der Waals surface area contributed by atoms with Gasteiger partial charge in [0.1, 0.15) is 4.90 Å². The number of sulfonamides is 1. The van der Waals surface area contributed by atoms with E-state index in [0.29, 0.717) is 6.61 Å². The Bertz CT molecular complexity index is 1060. The highest BCUT2D eigenvalue weighted by molar-refractivity contribution is 7.92. The first-order chi connectivity index (χ1) is 14.7. The van der Waals surface area contributed by atoms with Crippen molar-refractivity contribution in [2.45, 2.75) is 24.7 Å². The normalized spacial score (nSPS) is 10.8. The Labute approximate surface area is 180 Å². The second-order valence-corrected chi connectivity index (χ2v) is 8.02. The third-order valence-corrected chi connectivity index (χ3v) is 5.62. The summed E-state index contributed by atoms with van der Waals surface area (Å²) in [6, 6.07) is 9.06. The molecule has 9 nitrogen and oxygen atoms in total. The quantitative estimate of drug-likeness (QED) is 0.352. The molecule has 0 fully saturated rings. The molecule has 0 aliphatic heterocycles. The third-order valence-electron chi connectivity index (χ3n) is 4.20. The Morgan fingerprint density at radius 2 is 1.48 bits per heavy atom. The topological polar surface area (TPSA) is 125 Å². The largest absolute Gasteiger partial charge is 0.465 e. The summed E-state index contributed by atoms with van der Waals surface area (Å²) in [6.07, 6.45) is 1.63. The number of benzene rings is 2. The van der Waals surface area contributed by atoms with Crippen LogP contribution in [0.4, 0.5) is 5.69 Å². The lowest BCUT2D eigenvalue weighted by molar-refractivity contribution is 0.0498. The highest BCUT2D eigenvalue weighted by Crippen LogP contribution is 2.23. The van der Waals surface area contributed by atoms with E-state index < -0.39 is 32.8 Å². The van der Waals surface area contributed by atoms with Gasteiger partial charge in [-0.2, -0.15) is 0 Å². The SMILES string of the molecule is CCCCOC(=O)c1ccc(NS(=O)(=O)c2cc(C(=O)OC)ccc2C(=O)OC)cc1. The van der Waals surface area contributed by atoms with Gasteiger partial charge in [0, 0.05) is 5.69 Å². The second-order valence-electron chi connectivity index (χ2n) is 6.37. The van der Waals surface area contributed by atoms with Crippen LogP contribution in [0.2, 0.25) is 0 Å². The van der Waals surface area contributed by atoms with Gasteiger partial charge in [-0.15, -0.1) is 0 Å². The molecule has 31 heavy (non-hydrogen) atoms. The number of esters is 3. The van der Waals surface area contributed by atoms with Gasteiger partial charge in [-0.3, -0.25) is 4.72 Å². The molecule has 0 atom stereocenters. The molecule has 0 radical (unpaired) electrons. The number of carbonyl (C=O) groups is 3. The smallest absolute Gasteiger partial charge is 0.339 e. The Hall–Kier alpha value is -3.40. The molecule has 0 spiro atoms. The van der Waals surface area contributed by atoms with E-state index in [2.05, 4.69) is 14.2 Å². The number of rotatable bonds is 9. The minimum absolute atomic E-state index is 0.0549. The molecule has 1 N–H and O–H groups in total. The minimum atomic E-state index is -4.29. The maximum atomic E-state index is 12.9. The second kappa shape index (κ2) is 10.6. The van der Waals surface area contributed by atoms with Gasteiger partial charge in [-0.1, -0.05) is 13.3 Å². The lowest BCUT2D eigenvalue weighted by Gasteiger charge is -2.13. The molecule has 166 valence electrons. The summed E-state index contributed by atoms with van der Waals surface area (Å²) in [5.74, 6) is -2.16. The molecule has 0 bridgehead atoms. The molecule has 0 saturated heterocycles. The molecule has 0 aliphatic carbocycles. The fraction of sp³-hybridized carbons (Fsp3) is 0.286. The molecular formula is C21H23NO8S. The zero-order valence-corrected chi connectivity index (χ0v) is 18.2. The summed E-state index contributed by atoms with van der Waals surface area (Å²) >= 11 is 0. The summed E-state index contributed by atoms with van der Waals surface area (Å²) in [4.78, 5) is 35.3. The lowest BCUT2D eigenvalue weighted by atomic mass is 10.1. The summed E-state index contributed by atoms with van der Waals surface area (Å²) in [7, 11) is -2.03. The predicted octanol–water partition coefficient (Wildman–Crippen LogP) is 3.02. The molecule has 0 unspecified atom stereocenters. The summed E-state index contributed by atoms with van der Waals surface area (Å²) in [5, 5.41) is 0. The van der Waals surface area contributed by atoms with Crippen molar-refractivity contribution >= 4 is 33.6 Å². The van der Waals surface area contributed by atoms with Gasteiger partial charge in [0.05, 0.1) is 37.5 Å². The van der Waals surface area contributed by atoms with Gasteiger partial charge < -0.3 is 14.2 Å². The zero-order valence-electron chi connectivity index (χ0n) is 17.3. The summed E-state index contributed by atoms with van der Waals surface area (Å²) < 4.78 is 42.5. The molecule has 2 rings (SSSR count). The number of hydrogen-bond donors (Lipinski definition) is 1. The van der Waals surface area contributed by atoms with Gasteiger partial charge in [0.25, 0.3) is 10.0 Å². The van der Waals surface area contributed by atoms with Gasteiger partial charge in [0.15, 0.2) is 0 Å². The van der Waals surface area contributed by atoms with E-state index in [0.717, 1.165) is 33.1 Å². The van der Waals surface area contributed by atoms with Crippen molar-refractivity contribution < 1.29 is 37.0 Å². The number of nitrogens with one attached hydrogen (secondary N) is 1. The number of unbranched alkanes of at least 4 members (excludes halogenated alkanes) is 1. The standard InChI is InChI=1S/C21H23NO8S/c1-4-5-12-30-20(24)14-6-9-16(10-7-14)22-31(26,27)18-13-15(19(23)28-2)8-11-17(18)21(25)29-3/h6-11,13,22H,4-5,12H2,1-3H3. The van der Waals surface area contributed by atoms with Crippen LogP contribution in [0.15, 0.2) is 47.4 Å². The van der Waals surface area contributed by atoms with Crippen molar-refractivity contribution in [3.05, 3.63) is 59.2 Å². The number of carbonyl (C=O) groups excluding carboxylic acids is 3. The molecule has 2 aromatic carbocycles. The molecule has 0 heterocycles. The van der Waals surface area contributed by atoms with Crippen LogP contribution in [0.3, 0.4) is 0 Å². The molecule has 0 aromatic heterocycles. The van der Waals surface area contributed by atoms with Gasteiger partial charge in [-0.05, 0) is 48.9 Å². The van der Waals surface area contributed by atoms with Crippen LogP contribution in [0.25, 0.3) is 0 Å². The lowest BCUT2D eigenvalue weighted by Crippen LogP contribution is -2.19. The molecule has 2 aromatic rings. The monoisotopic (exact) mass is 449 g/mol. The Balaban J connectivity index is 2.32. The van der Waals surface area contributed by atoms with Crippen LogP contribution in [0.1, 0.15) is 50.8 Å². The molecular weight excluding hydrogens is 426 g/mol. The predicted molar refractivity (Wildman–Crippen MR) is 112 cm³/mol. The van der Waals surface area contributed by atoms with E-state index >= 15 is 0 Å². The molecule has 0 aliphatic rings. The van der Waals surface area contributed by atoms with Crippen molar-refractivity contribution in [1.82, 2.24) is 0 Å². The maximum Gasteiger partial charge on any atom is 0.339 e. The van der Waals surface area contributed by atoms with Crippen LogP contribution in [0, 0.1) is 0 Å². The minimum Gasteiger partial charge on any atom is -0.465 e. The van der Waals surface area contributed by atoms with E-state index in [1.807, 2.05) is 6.92 Å². The third kappa shape index (κ3) is 6.05. The fourth-order valence-corrected chi connectivity index (χ4v) is 3.82. The van der Waals surface area contributed by atoms with E-state index in [-0.39, 0.29) is 22.4 Å². The Morgan fingerprint density at radius 3 is 2.06 bits per heavy atom. The number of methoxy groups -OCH3 is 2. The van der Waals surface area contributed by atoms with Crippen molar-refractivity contribution in [2.75, 3.05) is 25.5 Å². The maximum absolute atomic E-state index is 12.9. The molecule has 0 saturated carbocycles. The average Bonchev–Trinajstić information content (AvgIpc) is 2.77. The molecule has 0 amide bonds. The van der Waals surface area contributed by atoms with Gasteiger partial charge in [0.2, 0.25) is 0 Å². The fourth-order valence-electron chi connectivity index (χ4n) is 2.55. The first-order valence-electron chi connectivity index (χ1n) is 9.34. The van der Waals surface area contributed by atoms with Gasteiger partial charge in [-0.25, -0.2) is 22.8 Å². The Morgan fingerprint density at radius 1 is 0.871 bits per heavy atom. The highest BCUT2D eigenvalue weighted by atomic mass is 32.2. The number of hydrogen-bond acceptors (Lipinski definition) is 8. The van der Waals surface area contributed by atoms with E-state index in [1.54, 1.807) is 0 Å². The van der Waals surface area contributed by atoms with E-state index in [4.69, 9.17) is 4.74 Å². The van der Waals surface area contributed by atoms with Crippen LogP contribution in [-0.4, -0.2) is 47.2 Å².